The van der Waals surface area contributed by atoms with Crippen molar-refractivity contribution in [3.8, 4) is 0 Å². The van der Waals surface area contributed by atoms with Crippen LogP contribution >= 0.6 is 0 Å². The summed E-state index contributed by atoms with van der Waals surface area (Å²) in [5, 5.41) is 5.06. The van der Waals surface area contributed by atoms with Crippen molar-refractivity contribution < 1.29 is 9.59 Å². The summed E-state index contributed by atoms with van der Waals surface area (Å²) >= 11 is 0. The van der Waals surface area contributed by atoms with Crippen molar-refractivity contribution in [3.05, 3.63) is 42.2 Å². The molecule has 2 aromatic rings. The van der Waals surface area contributed by atoms with Crippen LogP contribution in [0, 0.1) is 5.92 Å². The Morgan fingerprint density at radius 2 is 2.04 bits per heavy atom. The minimum absolute atomic E-state index is 0.0304. The van der Waals surface area contributed by atoms with Crippen molar-refractivity contribution in [2.75, 3.05) is 33.2 Å². The van der Waals surface area contributed by atoms with E-state index in [4.69, 9.17) is 0 Å². The third-order valence-electron chi connectivity index (χ3n) is 5.76. The number of aromatic nitrogens is 1. The van der Waals surface area contributed by atoms with Crippen LogP contribution < -0.4 is 5.32 Å². The third kappa shape index (κ3) is 2.84. The van der Waals surface area contributed by atoms with Crippen LogP contribution in [0.25, 0.3) is 10.8 Å². The maximum absolute atomic E-state index is 13.3. The summed E-state index contributed by atoms with van der Waals surface area (Å²) in [6.07, 6.45) is 2.55. The first kappa shape index (κ1) is 17.0. The fourth-order valence-electron chi connectivity index (χ4n) is 4.50. The predicted octanol–water partition coefficient (Wildman–Crippen LogP) is 1.52. The van der Waals surface area contributed by atoms with Crippen LogP contribution in [0.5, 0.6) is 0 Å². The van der Waals surface area contributed by atoms with E-state index in [0.29, 0.717) is 18.8 Å². The highest BCUT2D eigenvalue weighted by molar-refractivity contribution is 6.05. The summed E-state index contributed by atoms with van der Waals surface area (Å²) in [6, 6.07) is 9.74. The van der Waals surface area contributed by atoms with Crippen LogP contribution in [0.2, 0.25) is 0 Å². The molecule has 26 heavy (non-hydrogen) atoms. The lowest BCUT2D eigenvalue weighted by molar-refractivity contribution is -0.121. The average Bonchev–Trinajstić information content (AvgIpc) is 2.98. The molecule has 0 radical (unpaired) electrons. The van der Waals surface area contributed by atoms with Gasteiger partial charge in [-0.2, -0.15) is 0 Å². The van der Waals surface area contributed by atoms with Gasteiger partial charge in [-0.1, -0.05) is 24.3 Å². The van der Waals surface area contributed by atoms with Gasteiger partial charge in [-0.05, 0) is 24.9 Å². The monoisotopic (exact) mass is 352 g/mol. The van der Waals surface area contributed by atoms with Crippen molar-refractivity contribution >= 4 is 22.6 Å². The van der Waals surface area contributed by atoms with E-state index in [1.54, 1.807) is 13.1 Å². The molecule has 1 aromatic carbocycles. The van der Waals surface area contributed by atoms with Crippen molar-refractivity contribution in [2.24, 2.45) is 5.92 Å². The molecule has 1 aromatic heterocycles. The molecule has 6 heteroatoms. The summed E-state index contributed by atoms with van der Waals surface area (Å²) in [5.41, 5.74) is 0.173. The van der Waals surface area contributed by atoms with E-state index in [1.165, 1.54) is 0 Å². The highest BCUT2D eigenvalue weighted by atomic mass is 16.2. The SMILES string of the molecule is CC(=O)N[C@@]12CCN(C)C[C@@H]1CN(C(=O)c1nccc3ccccc13)C2. The van der Waals surface area contributed by atoms with E-state index < -0.39 is 0 Å². The Bertz CT molecular complexity index is 863. The molecular formula is C20H24N4O2. The lowest BCUT2D eigenvalue weighted by Crippen LogP contribution is -2.60. The molecule has 2 aliphatic heterocycles. The van der Waals surface area contributed by atoms with Crippen molar-refractivity contribution in [3.63, 3.8) is 0 Å². The number of nitrogens with zero attached hydrogens (tertiary/aromatic N) is 3. The second kappa shape index (κ2) is 6.36. The molecule has 2 amide bonds. The number of piperidine rings is 1. The van der Waals surface area contributed by atoms with Crippen LogP contribution in [0.3, 0.4) is 0 Å². The molecule has 0 spiro atoms. The Morgan fingerprint density at radius 3 is 2.85 bits per heavy atom. The lowest BCUT2D eigenvalue weighted by Gasteiger charge is -2.42. The summed E-state index contributed by atoms with van der Waals surface area (Å²) < 4.78 is 0. The maximum atomic E-state index is 13.3. The quantitative estimate of drug-likeness (QED) is 0.890. The zero-order valence-electron chi connectivity index (χ0n) is 15.2. The molecule has 0 unspecified atom stereocenters. The van der Waals surface area contributed by atoms with Crippen LogP contribution in [-0.2, 0) is 4.79 Å². The molecule has 6 nitrogen and oxygen atoms in total. The molecule has 3 heterocycles. The Balaban J connectivity index is 1.66. The molecule has 1 N–H and O–H groups in total. The highest BCUT2D eigenvalue weighted by Crippen LogP contribution is 2.36. The van der Waals surface area contributed by atoms with Gasteiger partial charge in [0.15, 0.2) is 0 Å². The Hall–Kier alpha value is -2.47. The van der Waals surface area contributed by atoms with E-state index >= 15 is 0 Å². The number of carbonyl (C=O) groups is 2. The predicted molar refractivity (Wildman–Crippen MR) is 99.8 cm³/mol. The molecule has 136 valence electrons. The summed E-state index contributed by atoms with van der Waals surface area (Å²) in [6.45, 7) is 4.56. The molecule has 2 atom stereocenters. The minimum atomic E-state index is -0.321. The highest BCUT2D eigenvalue weighted by Gasteiger charge is 2.51. The zero-order valence-corrected chi connectivity index (χ0v) is 15.2. The fourth-order valence-corrected chi connectivity index (χ4v) is 4.50. The lowest BCUT2D eigenvalue weighted by atomic mass is 9.80. The minimum Gasteiger partial charge on any atom is -0.349 e. The second-order valence-corrected chi connectivity index (χ2v) is 7.61. The van der Waals surface area contributed by atoms with E-state index in [9.17, 15) is 9.59 Å². The molecule has 2 saturated heterocycles. The number of fused-ring (bicyclic) bond motifs is 2. The maximum Gasteiger partial charge on any atom is 0.273 e. The van der Waals surface area contributed by atoms with Gasteiger partial charge in [-0.25, -0.2) is 0 Å². The van der Waals surface area contributed by atoms with E-state index in [-0.39, 0.29) is 23.3 Å². The summed E-state index contributed by atoms with van der Waals surface area (Å²) in [5.74, 6) is 0.157. The van der Waals surface area contributed by atoms with Crippen LogP contribution in [0.4, 0.5) is 0 Å². The van der Waals surface area contributed by atoms with Gasteiger partial charge in [0.25, 0.3) is 5.91 Å². The van der Waals surface area contributed by atoms with E-state index in [2.05, 4.69) is 22.2 Å². The van der Waals surface area contributed by atoms with Gasteiger partial charge in [-0.3, -0.25) is 14.6 Å². The smallest absolute Gasteiger partial charge is 0.273 e. The standard InChI is InChI=1S/C20H24N4O2/c1-14(25)22-20-8-10-23(2)11-16(20)12-24(13-20)19(26)18-17-6-4-3-5-15(17)7-9-21-18/h3-7,9,16H,8,10-13H2,1-2H3,(H,22,25)/t16-,20-/m1/s1. The van der Waals surface area contributed by atoms with Crippen molar-refractivity contribution in [2.45, 2.75) is 18.9 Å². The zero-order chi connectivity index (χ0) is 18.3. The van der Waals surface area contributed by atoms with Gasteiger partial charge in [0.1, 0.15) is 5.69 Å². The molecule has 2 aliphatic rings. The first-order valence-corrected chi connectivity index (χ1v) is 9.09. The number of amides is 2. The molecular weight excluding hydrogens is 328 g/mol. The van der Waals surface area contributed by atoms with Gasteiger partial charge < -0.3 is 15.1 Å². The topological polar surface area (TPSA) is 65.5 Å². The van der Waals surface area contributed by atoms with Gasteiger partial charge in [0.05, 0.1) is 5.54 Å². The normalized spacial score (nSPS) is 25.9. The van der Waals surface area contributed by atoms with E-state index in [0.717, 1.165) is 30.3 Å². The number of pyridine rings is 1. The van der Waals surface area contributed by atoms with Crippen molar-refractivity contribution in [1.82, 2.24) is 20.1 Å². The molecule has 0 saturated carbocycles. The van der Waals surface area contributed by atoms with Gasteiger partial charge in [0.2, 0.25) is 5.91 Å². The number of nitrogens with one attached hydrogen (secondary N) is 1. The Kier molecular flexibility index (Phi) is 4.15. The third-order valence-corrected chi connectivity index (χ3v) is 5.76. The van der Waals surface area contributed by atoms with Gasteiger partial charge in [-0.15, -0.1) is 0 Å². The van der Waals surface area contributed by atoms with Crippen LogP contribution in [-0.4, -0.2) is 65.4 Å². The van der Waals surface area contributed by atoms with Crippen LogP contribution in [0.1, 0.15) is 23.8 Å². The summed E-state index contributed by atoms with van der Waals surface area (Å²) in [4.78, 5) is 33.6. The summed E-state index contributed by atoms with van der Waals surface area (Å²) in [7, 11) is 2.09. The fraction of sp³-hybridized carbons (Fsp3) is 0.450. The number of likely N-dealkylation sites (tertiary alicyclic amines) is 2. The van der Waals surface area contributed by atoms with Crippen molar-refractivity contribution in [1.29, 1.82) is 0 Å². The first-order chi connectivity index (χ1) is 12.5. The Morgan fingerprint density at radius 1 is 1.23 bits per heavy atom. The number of rotatable bonds is 2. The Labute approximate surface area is 153 Å². The van der Waals surface area contributed by atoms with Crippen LogP contribution in [0.15, 0.2) is 36.5 Å². The molecule has 0 bridgehead atoms. The number of hydrogen-bond acceptors (Lipinski definition) is 4. The first-order valence-electron chi connectivity index (χ1n) is 9.09. The number of benzene rings is 1. The molecule has 2 fully saturated rings. The number of hydrogen-bond donors (Lipinski definition) is 1. The average molecular weight is 352 g/mol. The largest absolute Gasteiger partial charge is 0.349 e. The number of carbonyl (C=O) groups excluding carboxylic acids is 2. The van der Waals surface area contributed by atoms with Gasteiger partial charge in [0, 0.05) is 50.6 Å². The molecule has 4 rings (SSSR count). The van der Waals surface area contributed by atoms with Gasteiger partial charge >= 0.3 is 0 Å². The molecule has 0 aliphatic carbocycles. The van der Waals surface area contributed by atoms with E-state index in [1.807, 2.05) is 35.2 Å². The second-order valence-electron chi connectivity index (χ2n) is 7.61.